The van der Waals surface area contributed by atoms with Gasteiger partial charge in [-0.15, -0.1) is 0 Å². The van der Waals surface area contributed by atoms with Crippen LogP contribution in [-0.2, 0) is 16.0 Å². The zero-order chi connectivity index (χ0) is 16.7. The number of nitrogens with one attached hydrogen (secondary N) is 2. The van der Waals surface area contributed by atoms with Gasteiger partial charge in [0.2, 0.25) is 0 Å². The molecule has 0 bridgehead atoms. The number of hydrogen-bond acceptors (Lipinski definition) is 3. The molecular formula is C17H16FN3O2. The van der Waals surface area contributed by atoms with E-state index in [9.17, 15) is 14.0 Å². The summed E-state index contributed by atoms with van der Waals surface area (Å²) in [5.74, 6) is -2.25. The molecule has 118 valence electrons. The number of halogens is 1. The predicted molar refractivity (Wildman–Crippen MR) is 86.6 cm³/mol. The summed E-state index contributed by atoms with van der Waals surface area (Å²) >= 11 is 0. The molecule has 23 heavy (non-hydrogen) atoms. The van der Waals surface area contributed by atoms with Gasteiger partial charge in [0, 0.05) is 11.3 Å². The first-order valence-electron chi connectivity index (χ1n) is 7.08. The Morgan fingerprint density at radius 1 is 1.09 bits per heavy atom. The second-order valence-electron chi connectivity index (χ2n) is 4.73. The van der Waals surface area contributed by atoms with Gasteiger partial charge in [0.25, 0.3) is 0 Å². The average molecular weight is 313 g/mol. The summed E-state index contributed by atoms with van der Waals surface area (Å²) in [4.78, 5) is 23.3. The highest BCUT2D eigenvalue weighted by Crippen LogP contribution is 2.09. The van der Waals surface area contributed by atoms with Crippen molar-refractivity contribution in [1.82, 2.24) is 5.43 Å². The van der Waals surface area contributed by atoms with Crippen LogP contribution >= 0.6 is 0 Å². The Morgan fingerprint density at radius 2 is 1.78 bits per heavy atom. The number of hydrazone groups is 1. The quantitative estimate of drug-likeness (QED) is 0.517. The number of anilines is 1. The Kier molecular flexibility index (Phi) is 5.57. The number of aryl methyl sites for hydroxylation is 1. The average Bonchev–Trinajstić information content (AvgIpc) is 2.57. The van der Waals surface area contributed by atoms with Gasteiger partial charge >= 0.3 is 11.8 Å². The van der Waals surface area contributed by atoms with Gasteiger partial charge in [-0.3, -0.25) is 9.59 Å². The Morgan fingerprint density at radius 3 is 2.43 bits per heavy atom. The molecule has 0 aliphatic heterocycles. The maximum Gasteiger partial charge on any atom is 0.329 e. The first kappa shape index (κ1) is 16.4. The third-order valence-corrected chi connectivity index (χ3v) is 3.10. The van der Waals surface area contributed by atoms with E-state index in [-0.39, 0.29) is 5.56 Å². The second-order valence-corrected chi connectivity index (χ2v) is 4.73. The van der Waals surface area contributed by atoms with Gasteiger partial charge in [-0.2, -0.15) is 5.10 Å². The second kappa shape index (κ2) is 7.84. The molecule has 0 aliphatic rings. The van der Waals surface area contributed by atoms with Gasteiger partial charge in [-0.05, 0) is 30.2 Å². The standard InChI is InChI=1S/C17H16FN3O2/c1-2-12-7-9-14(10-8-12)20-16(22)17(23)21-19-11-13-5-3-4-6-15(13)18/h3-11H,2H2,1H3,(H,20,22)(H,21,23). The third-order valence-electron chi connectivity index (χ3n) is 3.10. The summed E-state index contributed by atoms with van der Waals surface area (Å²) < 4.78 is 13.3. The summed E-state index contributed by atoms with van der Waals surface area (Å²) in [5, 5.41) is 6.02. The van der Waals surface area contributed by atoms with E-state index in [4.69, 9.17) is 0 Å². The van der Waals surface area contributed by atoms with Gasteiger partial charge in [0.1, 0.15) is 5.82 Å². The summed E-state index contributed by atoms with van der Waals surface area (Å²) in [5.41, 5.74) is 3.91. The molecule has 0 saturated heterocycles. The zero-order valence-corrected chi connectivity index (χ0v) is 12.5. The Balaban J connectivity index is 1.89. The van der Waals surface area contributed by atoms with Gasteiger partial charge in [-0.25, -0.2) is 9.82 Å². The van der Waals surface area contributed by atoms with Crippen molar-refractivity contribution in [1.29, 1.82) is 0 Å². The molecule has 2 N–H and O–H groups in total. The van der Waals surface area contributed by atoms with E-state index in [0.717, 1.165) is 18.2 Å². The molecule has 2 aromatic carbocycles. The lowest BCUT2D eigenvalue weighted by Gasteiger charge is -2.04. The van der Waals surface area contributed by atoms with E-state index in [1.165, 1.54) is 12.1 Å². The molecule has 2 amide bonds. The van der Waals surface area contributed by atoms with Crippen LogP contribution in [0.2, 0.25) is 0 Å². The van der Waals surface area contributed by atoms with Gasteiger partial charge in [0.15, 0.2) is 0 Å². The molecule has 0 saturated carbocycles. The van der Waals surface area contributed by atoms with Gasteiger partial charge in [0.05, 0.1) is 6.21 Å². The highest BCUT2D eigenvalue weighted by molar-refractivity contribution is 6.39. The van der Waals surface area contributed by atoms with Crippen LogP contribution in [0.25, 0.3) is 0 Å². The minimum atomic E-state index is -0.933. The summed E-state index contributed by atoms with van der Waals surface area (Å²) in [7, 11) is 0. The van der Waals surface area contributed by atoms with Crippen LogP contribution in [0.1, 0.15) is 18.1 Å². The number of amides is 2. The number of carbonyl (C=O) groups is 2. The maximum absolute atomic E-state index is 13.3. The van der Waals surface area contributed by atoms with E-state index in [2.05, 4.69) is 15.8 Å². The molecule has 2 rings (SSSR count). The molecule has 0 fully saturated rings. The molecule has 0 spiro atoms. The number of rotatable bonds is 4. The van der Waals surface area contributed by atoms with Gasteiger partial charge < -0.3 is 5.32 Å². The van der Waals surface area contributed by atoms with Crippen LogP contribution in [-0.4, -0.2) is 18.0 Å². The maximum atomic E-state index is 13.3. The van der Waals surface area contributed by atoms with Crippen LogP contribution in [0.4, 0.5) is 10.1 Å². The zero-order valence-electron chi connectivity index (χ0n) is 12.5. The van der Waals surface area contributed by atoms with Crippen molar-refractivity contribution in [2.75, 3.05) is 5.32 Å². The number of carbonyl (C=O) groups excluding carboxylic acids is 2. The summed E-state index contributed by atoms with van der Waals surface area (Å²) in [6, 6.07) is 13.1. The molecule has 2 aromatic rings. The van der Waals surface area contributed by atoms with Crippen LogP contribution in [0.3, 0.4) is 0 Å². The van der Waals surface area contributed by atoms with Crippen LogP contribution < -0.4 is 10.7 Å². The summed E-state index contributed by atoms with van der Waals surface area (Å²) in [6.45, 7) is 2.02. The Bertz CT molecular complexity index is 727. The lowest BCUT2D eigenvalue weighted by Crippen LogP contribution is -2.32. The molecule has 0 aromatic heterocycles. The number of hydrogen-bond donors (Lipinski definition) is 2. The first-order chi connectivity index (χ1) is 11.1. The minimum Gasteiger partial charge on any atom is -0.318 e. The fraction of sp³-hybridized carbons (Fsp3) is 0.118. The van der Waals surface area contributed by atoms with E-state index >= 15 is 0 Å². The minimum absolute atomic E-state index is 0.211. The van der Waals surface area contributed by atoms with Crippen molar-refractivity contribution in [3.8, 4) is 0 Å². The first-order valence-corrected chi connectivity index (χ1v) is 7.08. The molecular weight excluding hydrogens is 297 g/mol. The normalized spacial score (nSPS) is 10.5. The van der Waals surface area contributed by atoms with Crippen molar-refractivity contribution in [2.45, 2.75) is 13.3 Å². The highest BCUT2D eigenvalue weighted by Gasteiger charge is 2.12. The van der Waals surface area contributed by atoms with Crippen molar-refractivity contribution < 1.29 is 14.0 Å². The van der Waals surface area contributed by atoms with E-state index in [1.807, 2.05) is 19.1 Å². The molecule has 0 atom stereocenters. The largest absolute Gasteiger partial charge is 0.329 e. The van der Waals surface area contributed by atoms with E-state index in [1.54, 1.807) is 24.3 Å². The SMILES string of the molecule is CCc1ccc(NC(=O)C(=O)NN=Cc2ccccc2F)cc1. The molecule has 0 radical (unpaired) electrons. The number of nitrogens with zero attached hydrogens (tertiary/aromatic N) is 1. The molecule has 6 heteroatoms. The summed E-state index contributed by atoms with van der Waals surface area (Å²) in [6.07, 6.45) is 2.02. The molecule has 5 nitrogen and oxygen atoms in total. The van der Waals surface area contributed by atoms with E-state index < -0.39 is 17.6 Å². The number of benzene rings is 2. The fourth-order valence-electron chi connectivity index (χ4n) is 1.80. The Hall–Kier alpha value is -3.02. The van der Waals surface area contributed by atoms with E-state index in [0.29, 0.717) is 5.69 Å². The molecule has 0 aliphatic carbocycles. The highest BCUT2D eigenvalue weighted by atomic mass is 19.1. The predicted octanol–water partition coefficient (Wildman–Crippen LogP) is 2.48. The third kappa shape index (κ3) is 4.74. The molecule has 0 heterocycles. The van der Waals surface area contributed by atoms with Crippen molar-refractivity contribution in [2.24, 2.45) is 5.10 Å². The van der Waals surface area contributed by atoms with Crippen molar-refractivity contribution in [3.05, 3.63) is 65.5 Å². The molecule has 0 unspecified atom stereocenters. The van der Waals surface area contributed by atoms with Crippen molar-refractivity contribution >= 4 is 23.7 Å². The van der Waals surface area contributed by atoms with Crippen LogP contribution in [0.15, 0.2) is 53.6 Å². The smallest absolute Gasteiger partial charge is 0.318 e. The fourth-order valence-corrected chi connectivity index (χ4v) is 1.80. The van der Waals surface area contributed by atoms with Gasteiger partial charge in [-0.1, -0.05) is 37.3 Å². The lowest BCUT2D eigenvalue weighted by molar-refractivity contribution is -0.136. The van der Waals surface area contributed by atoms with Crippen molar-refractivity contribution in [3.63, 3.8) is 0 Å². The lowest BCUT2D eigenvalue weighted by atomic mass is 10.1. The Labute approximate surface area is 133 Å². The van der Waals surface area contributed by atoms with Crippen LogP contribution in [0, 0.1) is 5.82 Å². The monoisotopic (exact) mass is 313 g/mol. The van der Waals surface area contributed by atoms with Crippen LogP contribution in [0.5, 0.6) is 0 Å². The topological polar surface area (TPSA) is 70.6 Å².